The van der Waals surface area contributed by atoms with Gasteiger partial charge in [-0.1, -0.05) is 0 Å². The Labute approximate surface area is 116 Å². The van der Waals surface area contributed by atoms with Crippen molar-refractivity contribution in [3.8, 4) is 0 Å². The number of carbonyl (C=O) groups excluding carboxylic acids is 1. The van der Waals surface area contributed by atoms with Gasteiger partial charge in [-0.05, 0) is 12.1 Å². The molecule has 7 heteroatoms. The molecule has 3 heterocycles. The highest BCUT2D eigenvalue weighted by molar-refractivity contribution is 5.92. The molecule has 1 aliphatic rings. The van der Waals surface area contributed by atoms with E-state index in [0.29, 0.717) is 24.7 Å². The molecular formula is C13H14N6O. The van der Waals surface area contributed by atoms with Crippen molar-refractivity contribution in [2.45, 2.75) is 0 Å². The lowest BCUT2D eigenvalue weighted by Crippen LogP contribution is -2.49. The first-order chi connectivity index (χ1) is 9.84. The van der Waals surface area contributed by atoms with E-state index in [4.69, 9.17) is 0 Å². The van der Waals surface area contributed by atoms with Gasteiger partial charge in [-0.3, -0.25) is 4.79 Å². The Morgan fingerprint density at radius 1 is 1.00 bits per heavy atom. The summed E-state index contributed by atoms with van der Waals surface area (Å²) in [5.41, 5.74) is 0.435. The van der Waals surface area contributed by atoms with Gasteiger partial charge < -0.3 is 9.80 Å². The standard InChI is InChI=1S/C13H14N6O/c20-12(11-2-5-14-10-17-11)18-6-8-19(9-7-18)13-15-3-1-4-16-13/h1-5,10H,6-9H2. The number of nitrogens with zero attached hydrogens (tertiary/aromatic N) is 6. The predicted molar refractivity (Wildman–Crippen MR) is 72.2 cm³/mol. The molecule has 102 valence electrons. The van der Waals surface area contributed by atoms with Crippen LogP contribution < -0.4 is 4.90 Å². The van der Waals surface area contributed by atoms with Crippen LogP contribution in [0.1, 0.15) is 10.5 Å². The van der Waals surface area contributed by atoms with Crippen LogP contribution in [0, 0.1) is 0 Å². The number of hydrogen-bond donors (Lipinski definition) is 0. The van der Waals surface area contributed by atoms with Crippen LogP contribution in [0.3, 0.4) is 0 Å². The van der Waals surface area contributed by atoms with Crippen LogP contribution in [0.4, 0.5) is 5.95 Å². The summed E-state index contributed by atoms with van der Waals surface area (Å²) in [6, 6.07) is 3.42. The molecule has 0 radical (unpaired) electrons. The zero-order valence-corrected chi connectivity index (χ0v) is 10.9. The maximum atomic E-state index is 12.2. The van der Waals surface area contributed by atoms with Crippen LogP contribution in [0.5, 0.6) is 0 Å². The van der Waals surface area contributed by atoms with Crippen molar-refractivity contribution in [3.05, 3.63) is 42.7 Å². The molecule has 2 aromatic rings. The van der Waals surface area contributed by atoms with E-state index in [2.05, 4.69) is 24.8 Å². The minimum Gasteiger partial charge on any atom is -0.337 e. The predicted octanol–water partition coefficient (Wildman–Crippen LogP) is 0.229. The Hall–Kier alpha value is -2.57. The van der Waals surface area contributed by atoms with Gasteiger partial charge in [-0.2, -0.15) is 0 Å². The van der Waals surface area contributed by atoms with Crippen molar-refractivity contribution in [1.29, 1.82) is 0 Å². The van der Waals surface area contributed by atoms with E-state index in [1.165, 1.54) is 6.33 Å². The van der Waals surface area contributed by atoms with Crippen LogP contribution in [-0.4, -0.2) is 56.9 Å². The van der Waals surface area contributed by atoms with Gasteiger partial charge in [0.25, 0.3) is 5.91 Å². The van der Waals surface area contributed by atoms with Crippen molar-refractivity contribution in [2.24, 2.45) is 0 Å². The third-order valence-electron chi connectivity index (χ3n) is 3.20. The third-order valence-corrected chi connectivity index (χ3v) is 3.20. The van der Waals surface area contributed by atoms with Crippen molar-refractivity contribution in [3.63, 3.8) is 0 Å². The first-order valence-corrected chi connectivity index (χ1v) is 6.42. The zero-order valence-electron chi connectivity index (χ0n) is 10.9. The minimum absolute atomic E-state index is 0.0546. The fourth-order valence-corrected chi connectivity index (χ4v) is 2.14. The van der Waals surface area contributed by atoms with Gasteiger partial charge in [0.15, 0.2) is 0 Å². The fourth-order valence-electron chi connectivity index (χ4n) is 2.14. The van der Waals surface area contributed by atoms with Gasteiger partial charge in [0.05, 0.1) is 0 Å². The summed E-state index contributed by atoms with van der Waals surface area (Å²) >= 11 is 0. The molecule has 0 unspecified atom stereocenters. The second-order valence-corrected chi connectivity index (χ2v) is 4.42. The number of hydrogen-bond acceptors (Lipinski definition) is 6. The molecule has 0 N–H and O–H groups in total. The molecule has 0 aliphatic carbocycles. The highest BCUT2D eigenvalue weighted by atomic mass is 16.2. The first kappa shape index (κ1) is 12.5. The van der Waals surface area contributed by atoms with Gasteiger partial charge in [0, 0.05) is 44.8 Å². The van der Waals surface area contributed by atoms with E-state index in [-0.39, 0.29) is 5.91 Å². The summed E-state index contributed by atoms with van der Waals surface area (Å²) in [5.74, 6) is 0.655. The second kappa shape index (κ2) is 5.60. The molecule has 20 heavy (non-hydrogen) atoms. The lowest BCUT2D eigenvalue weighted by molar-refractivity contribution is 0.0740. The van der Waals surface area contributed by atoms with Crippen molar-refractivity contribution < 1.29 is 4.79 Å². The van der Waals surface area contributed by atoms with Crippen LogP contribution >= 0.6 is 0 Å². The average Bonchev–Trinajstić information content (AvgIpc) is 2.56. The summed E-state index contributed by atoms with van der Waals surface area (Å²) in [6.07, 6.45) is 6.41. The molecule has 1 aliphatic heterocycles. The first-order valence-electron chi connectivity index (χ1n) is 6.42. The van der Waals surface area contributed by atoms with Crippen LogP contribution in [0.15, 0.2) is 37.1 Å². The largest absolute Gasteiger partial charge is 0.337 e. The number of carbonyl (C=O) groups is 1. The Morgan fingerprint density at radius 3 is 2.40 bits per heavy atom. The Kier molecular flexibility index (Phi) is 3.49. The molecule has 0 saturated carbocycles. The number of aromatic nitrogens is 4. The van der Waals surface area contributed by atoms with Gasteiger partial charge in [0.2, 0.25) is 5.95 Å². The highest BCUT2D eigenvalue weighted by Crippen LogP contribution is 2.11. The summed E-state index contributed by atoms with van der Waals surface area (Å²) in [7, 11) is 0. The SMILES string of the molecule is O=C(c1ccncn1)N1CCN(c2ncccn2)CC1. The quantitative estimate of drug-likeness (QED) is 0.777. The molecule has 0 bridgehead atoms. The number of anilines is 1. The van der Waals surface area contributed by atoms with Crippen molar-refractivity contribution in [1.82, 2.24) is 24.8 Å². The molecule has 0 atom stereocenters. The molecule has 1 amide bonds. The summed E-state index contributed by atoms with van der Waals surface area (Å²) in [6.45, 7) is 2.73. The maximum Gasteiger partial charge on any atom is 0.272 e. The molecule has 1 fully saturated rings. The Balaban J connectivity index is 1.63. The third kappa shape index (κ3) is 2.56. The van der Waals surface area contributed by atoms with E-state index < -0.39 is 0 Å². The topological polar surface area (TPSA) is 75.1 Å². The molecule has 3 rings (SSSR count). The average molecular weight is 270 g/mol. The molecule has 0 aromatic carbocycles. The van der Waals surface area contributed by atoms with E-state index in [1.54, 1.807) is 35.6 Å². The number of rotatable bonds is 2. The van der Waals surface area contributed by atoms with E-state index in [1.807, 2.05) is 0 Å². The summed E-state index contributed by atoms with van der Waals surface area (Å²) < 4.78 is 0. The second-order valence-electron chi connectivity index (χ2n) is 4.42. The highest BCUT2D eigenvalue weighted by Gasteiger charge is 2.23. The smallest absolute Gasteiger partial charge is 0.272 e. The van der Waals surface area contributed by atoms with Gasteiger partial charge in [-0.25, -0.2) is 19.9 Å². The zero-order chi connectivity index (χ0) is 13.8. The Morgan fingerprint density at radius 2 is 1.75 bits per heavy atom. The van der Waals surface area contributed by atoms with E-state index in [0.717, 1.165) is 13.1 Å². The Bertz CT molecular complexity index is 568. The number of amides is 1. The molecule has 7 nitrogen and oxygen atoms in total. The normalized spacial score (nSPS) is 15.2. The van der Waals surface area contributed by atoms with E-state index >= 15 is 0 Å². The summed E-state index contributed by atoms with van der Waals surface area (Å²) in [5, 5.41) is 0. The van der Waals surface area contributed by atoms with Crippen molar-refractivity contribution in [2.75, 3.05) is 31.1 Å². The van der Waals surface area contributed by atoms with Gasteiger partial charge in [-0.15, -0.1) is 0 Å². The molecule has 1 saturated heterocycles. The van der Waals surface area contributed by atoms with E-state index in [9.17, 15) is 4.79 Å². The molecular weight excluding hydrogens is 256 g/mol. The summed E-state index contributed by atoms with van der Waals surface area (Å²) in [4.78, 5) is 32.3. The van der Waals surface area contributed by atoms with Crippen LogP contribution in [-0.2, 0) is 0 Å². The monoisotopic (exact) mass is 270 g/mol. The maximum absolute atomic E-state index is 12.2. The van der Waals surface area contributed by atoms with Crippen molar-refractivity contribution >= 4 is 11.9 Å². The van der Waals surface area contributed by atoms with Crippen LogP contribution in [0.25, 0.3) is 0 Å². The lowest BCUT2D eigenvalue weighted by Gasteiger charge is -2.34. The van der Waals surface area contributed by atoms with Gasteiger partial charge >= 0.3 is 0 Å². The number of piperazine rings is 1. The van der Waals surface area contributed by atoms with Crippen LogP contribution in [0.2, 0.25) is 0 Å². The molecule has 2 aromatic heterocycles. The fraction of sp³-hybridized carbons (Fsp3) is 0.308. The molecule has 0 spiro atoms. The minimum atomic E-state index is -0.0546. The van der Waals surface area contributed by atoms with Gasteiger partial charge in [0.1, 0.15) is 12.0 Å². The lowest BCUT2D eigenvalue weighted by atomic mass is 10.3.